The number of carbonyl (C=O) groups excluding carboxylic acids is 2. The van der Waals surface area contributed by atoms with Gasteiger partial charge in [0.1, 0.15) is 0 Å². The average Bonchev–Trinajstić information content (AvgIpc) is 3.72. The number of hydrogen-bond acceptors (Lipinski definition) is 8. The number of hydrogen-bond donors (Lipinski definition) is 0. The Morgan fingerprint density at radius 1 is 0.978 bits per heavy atom. The third-order valence-electron chi connectivity index (χ3n) is 8.75. The fourth-order valence-corrected chi connectivity index (χ4v) is 6.32. The molecule has 6 rings (SSSR count). The van der Waals surface area contributed by atoms with E-state index in [-0.39, 0.29) is 37.3 Å². The fourth-order valence-electron chi connectivity index (χ4n) is 6.32. The second-order valence-electron chi connectivity index (χ2n) is 11.1. The van der Waals surface area contributed by atoms with Crippen molar-refractivity contribution >= 4 is 63.8 Å². The summed E-state index contributed by atoms with van der Waals surface area (Å²) in [4.78, 5) is 44.3. The van der Waals surface area contributed by atoms with Gasteiger partial charge in [-0.15, -0.1) is 16.5 Å². The van der Waals surface area contributed by atoms with Crippen LogP contribution in [-0.4, -0.2) is 59.2 Å². The summed E-state index contributed by atoms with van der Waals surface area (Å²) in [5.41, 5.74) is 9.50. The molecule has 9 nitrogen and oxygen atoms in total. The molecule has 1 aliphatic carbocycles. The van der Waals surface area contributed by atoms with E-state index in [1.165, 1.54) is 7.11 Å². The number of aliphatic imine (C=N–C) groups is 3. The van der Waals surface area contributed by atoms with Gasteiger partial charge in [0.25, 0.3) is 0 Å². The number of fused-ring (bicyclic) bond motifs is 5. The molecule has 4 aliphatic heterocycles. The van der Waals surface area contributed by atoms with Gasteiger partial charge in [0.05, 0.1) is 47.3 Å². The van der Waals surface area contributed by atoms with E-state index in [1.807, 2.05) is 39.0 Å². The molecule has 0 fully saturated rings. The van der Waals surface area contributed by atoms with Gasteiger partial charge in [0.15, 0.2) is 0 Å². The van der Waals surface area contributed by atoms with Crippen LogP contribution in [-0.2, 0) is 20.7 Å². The van der Waals surface area contributed by atoms with Crippen LogP contribution in [0.5, 0.6) is 0 Å². The average molecular weight is 611 g/mol. The Labute approximate surface area is 277 Å². The molecule has 0 N–H and O–H groups in total. The van der Waals surface area contributed by atoms with E-state index in [4.69, 9.17) is 24.7 Å². The molecule has 0 saturated heterocycles. The summed E-state index contributed by atoms with van der Waals surface area (Å²) in [7, 11) is 1.22. The van der Waals surface area contributed by atoms with E-state index < -0.39 is 23.6 Å². The number of allylic oxidation sites excluding steroid dienone is 8. The Balaban J connectivity index is 0.00000240. The quantitative estimate of drug-likeness (QED) is 0.349. The van der Waals surface area contributed by atoms with Crippen molar-refractivity contribution in [1.29, 1.82) is 0 Å². The Hall–Kier alpha value is -4.54. The number of carbonyl (C=O) groups is 2. The zero-order valence-electron chi connectivity index (χ0n) is 26.8. The first kappa shape index (κ1) is 31.9. The molecular formula is C35H30MgN4O5. The van der Waals surface area contributed by atoms with Crippen LogP contribution in [0.1, 0.15) is 39.7 Å². The molecule has 0 amide bonds. The minimum Gasteiger partial charge on any atom is -0.874 e. The smallest absolute Gasteiger partial charge is 0.874 e. The van der Waals surface area contributed by atoms with Gasteiger partial charge in [-0.2, -0.15) is 0 Å². The summed E-state index contributed by atoms with van der Waals surface area (Å²) in [6, 6.07) is 0. The van der Waals surface area contributed by atoms with E-state index in [0.29, 0.717) is 72.8 Å². The van der Waals surface area contributed by atoms with Crippen LogP contribution in [0.4, 0.5) is 0 Å². The van der Waals surface area contributed by atoms with Gasteiger partial charge in [-0.05, 0) is 80.6 Å². The summed E-state index contributed by atoms with van der Waals surface area (Å²) in [5, 5.41) is 26.4. The van der Waals surface area contributed by atoms with E-state index in [0.717, 1.165) is 22.3 Å². The summed E-state index contributed by atoms with van der Waals surface area (Å²) in [5.74, 6) is -3.70. The zero-order chi connectivity index (χ0) is 31.6. The first-order chi connectivity index (χ1) is 21.0. The molecule has 0 saturated carbocycles. The van der Waals surface area contributed by atoms with Crippen LogP contribution in [0.15, 0.2) is 109 Å². The van der Waals surface area contributed by atoms with Gasteiger partial charge in [0, 0.05) is 17.1 Å². The maximum Gasteiger partial charge on any atom is 2.00 e. The minimum absolute atomic E-state index is 0. The van der Waals surface area contributed by atoms with Crippen molar-refractivity contribution < 1.29 is 26.0 Å². The Morgan fingerprint density at radius 3 is 2.16 bits per heavy atom. The second-order valence-corrected chi connectivity index (χ2v) is 11.1. The Kier molecular flexibility index (Phi) is 8.32. The fraction of sp³-hybridized carbons (Fsp3) is 0.229. The number of carboxylic acid groups (broad SMARTS) is 1. The zero-order valence-corrected chi connectivity index (χ0v) is 27.2. The van der Waals surface area contributed by atoms with Crippen molar-refractivity contribution in [3.05, 3.63) is 116 Å². The molecule has 1 aromatic rings. The van der Waals surface area contributed by atoms with Gasteiger partial charge >= 0.3 is 30.4 Å². The van der Waals surface area contributed by atoms with Crippen LogP contribution in [0, 0.1) is 12.8 Å². The first-order valence-corrected chi connectivity index (χ1v) is 14.2. The molecule has 10 heteroatoms. The number of ether oxygens (including phenoxy) is 1. The Bertz CT molecular complexity index is 2080. The number of nitrogens with zero attached hydrogens (tertiary/aromatic N) is 4. The second kappa shape index (κ2) is 11.8. The molecule has 1 aromatic heterocycles. The number of methoxy groups -OCH3 is 1. The van der Waals surface area contributed by atoms with Gasteiger partial charge in [-0.3, -0.25) is 4.79 Å². The van der Waals surface area contributed by atoms with Crippen LogP contribution in [0.3, 0.4) is 0 Å². The number of aromatic nitrogens is 1. The van der Waals surface area contributed by atoms with Crippen molar-refractivity contribution in [2.75, 3.05) is 7.11 Å². The van der Waals surface area contributed by atoms with Gasteiger partial charge in [0.2, 0.25) is 0 Å². The van der Waals surface area contributed by atoms with Crippen LogP contribution in [0.2, 0.25) is 0 Å². The van der Waals surface area contributed by atoms with E-state index in [1.54, 1.807) is 19.1 Å². The third-order valence-corrected chi connectivity index (χ3v) is 8.75. The molecule has 0 radical (unpaired) electrons. The van der Waals surface area contributed by atoms with Crippen LogP contribution >= 0.6 is 0 Å². The normalized spacial score (nSPS) is 20.0. The minimum atomic E-state index is -1.30. The van der Waals surface area contributed by atoms with Crippen LogP contribution in [0.25, 0.3) is 11.6 Å². The molecule has 0 spiro atoms. The number of aliphatic carboxylic acids is 1. The molecule has 45 heavy (non-hydrogen) atoms. The van der Waals surface area contributed by atoms with Crippen molar-refractivity contribution in [3.8, 4) is 0 Å². The SMILES string of the molecule is C=CC1=C(C)C2=NC1=CC1=C(C)C3=C([O-])C(C(=O)OC)C(=c4[n-]c(c(C)c4CCC(=O)[O-])=CC4=NC(=C2)C(C=C)=C4C)C3=N1.[H+].[Mg+2]. The molecule has 222 valence electrons. The maximum atomic E-state index is 13.9. The van der Waals surface area contributed by atoms with Crippen molar-refractivity contribution in [3.63, 3.8) is 0 Å². The monoisotopic (exact) mass is 610 g/mol. The van der Waals surface area contributed by atoms with Crippen molar-refractivity contribution in [1.82, 2.24) is 4.98 Å². The summed E-state index contributed by atoms with van der Waals surface area (Å²) >= 11 is 0. The topological polar surface area (TPSA) is 141 Å². The standard InChI is InChI=1S/C35H32N4O5.Mg/c1-8-19-15(3)22-12-24-17(5)21(10-11-28(40)41)32(38-24)30-31(35(43)44-7)34(42)29-18(6)25(39-33(29)30)14-27-20(9-2)16(4)23(37-27)13-26(19)36-22;/h8-9,12-14,31H,1-2,10-11H2,3-7H3,(H3,36,37,38,39,40,41,42);/q;+2/p-2. The summed E-state index contributed by atoms with van der Waals surface area (Å²) in [6.07, 6.45) is 8.84. The predicted octanol–water partition coefficient (Wildman–Crippen LogP) is 1.14. The first-order valence-electron chi connectivity index (χ1n) is 14.2. The maximum absolute atomic E-state index is 13.9. The van der Waals surface area contributed by atoms with Crippen molar-refractivity contribution in [2.24, 2.45) is 20.9 Å². The van der Waals surface area contributed by atoms with Crippen LogP contribution < -0.4 is 25.9 Å². The molecule has 1 unspecified atom stereocenters. The molecule has 5 aliphatic rings. The summed E-state index contributed by atoms with van der Waals surface area (Å²) in [6.45, 7) is 15.5. The molecular weight excluding hydrogens is 581 g/mol. The van der Waals surface area contributed by atoms with Crippen molar-refractivity contribution in [2.45, 2.75) is 40.5 Å². The van der Waals surface area contributed by atoms with Gasteiger partial charge in [-0.25, -0.2) is 15.0 Å². The molecule has 8 bridgehead atoms. The van der Waals surface area contributed by atoms with E-state index >= 15 is 0 Å². The number of esters is 1. The third kappa shape index (κ3) is 4.88. The van der Waals surface area contributed by atoms with Gasteiger partial charge < -0.3 is 24.7 Å². The molecule has 0 aromatic carbocycles. The predicted molar refractivity (Wildman–Crippen MR) is 171 cm³/mol. The molecule has 5 heterocycles. The molecule has 1 atom stereocenters. The summed E-state index contributed by atoms with van der Waals surface area (Å²) < 4.78 is 5.08. The van der Waals surface area contributed by atoms with E-state index in [2.05, 4.69) is 13.2 Å². The largest absolute Gasteiger partial charge is 2.00 e. The van der Waals surface area contributed by atoms with Gasteiger partial charge in [-0.1, -0.05) is 42.5 Å². The number of rotatable bonds is 6. The van der Waals surface area contributed by atoms with E-state index in [9.17, 15) is 19.8 Å². The Morgan fingerprint density at radius 2 is 1.58 bits per heavy atom. The number of carboxylic acids is 1.